The van der Waals surface area contributed by atoms with E-state index in [0.717, 1.165) is 17.1 Å². The molecule has 2 N–H and O–H groups in total. The molecule has 2 aromatic carbocycles. The van der Waals surface area contributed by atoms with Crippen LogP contribution < -0.4 is 20.1 Å². The number of guanidine groups is 1. The van der Waals surface area contributed by atoms with Gasteiger partial charge in [0.05, 0.1) is 20.2 Å². The summed E-state index contributed by atoms with van der Waals surface area (Å²) in [4.78, 5) is 18.6. The van der Waals surface area contributed by atoms with E-state index in [4.69, 9.17) is 9.47 Å². The van der Waals surface area contributed by atoms with E-state index >= 15 is 0 Å². The molecule has 0 radical (unpaired) electrons. The SMILES string of the molecule is CCN(Cc1ccccc1)C(=O)CNC(=NC)NCC(C)Oc1cccc(OC)c1. The molecule has 30 heavy (non-hydrogen) atoms. The number of nitrogens with one attached hydrogen (secondary N) is 2. The minimum atomic E-state index is -0.100. The number of methoxy groups -OCH3 is 1. The maximum atomic E-state index is 12.6. The Bertz CT molecular complexity index is 811. The van der Waals surface area contributed by atoms with Crippen molar-refractivity contribution in [1.82, 2.24) is 15.5 Å². The number of rotatable bonds is 10. The lowest BCUT2D eigenvalue weighted by Crippen LogP contribution is -2.46. The van der Waals surface area contributed by atoms with Gasteiger partial charge in [0.25, 0.3) is 0 Å². The summed E-state index contributed by atoms with van der Waals surface area (Å²) < 4.78 is 11.1. The normalized spacial score (nSPS) is 12.1. The Balaban J connectivity index is 1.78. The second-order valence-electron chi connectivity index (χ2n) is 6.81. The Hall–Kier alpha value is -3.22. The number of likely N-dealkylation sites (N-methyl/N-ethyl adjacent to an activating group) is 1. The summed E-state index contributed by atoms with van der Waals surface area (Å²) in [6, 6.07) is 17.5. The minimum Gasteiger partial charge on any atom is -0.497 e. The largest absolute Gasteiger partial charge is 0.497 e. The molecule has 7 heteroatoms. The van der Waals surface area contributed by atoms with Crippen LogP contribution in [0.25, 0.3) is 0 Å². The molecule has 2 aromatic rings. The number of benzene rings is 2. The first-order valence-corrected chi connectivity index (χ1v) is 10.1. The first-order chi connectivity index (χ1) is 14.5. The van der Waals surface area contributed by atoms with Crippen LogP contribution in [0.4, 0.5) is 0 Å². The highest BCUT2D eigenvalue weighted by Gasteiger charge is 2.13. The van der Waals surface area contributed by atoms with Gasteiger partial charge in [0.1, 0.15) is 17.6 Å². The molecule has 1 unspecified atom stereocenters. The summed E-state index contributed by atoms with van der Waals surface area (Å²) in [5.74, 6) is 2.06. The average Bonchev–Trinajstić information content (AvgIpc) is 2.78. The van der Waals surface area contributed by atoms with Crippen LogP contribution in [0.1, 0.15) is 19.4 Å². The van der Waals surface area contributed by atoms with Crippen LogP contribution in [-0.4, -0.2) is 56.7 Å². The second kappa shape index (κ2) is 12.4. The average molecular weight is 413 g/mol. The topological polar surface area (TPSA) is 75.2 Å². The zero-order chi connectivity index (χ0) is 21.8. The van der Waals surface area contributed by atoms with Gasteiger partial charge in [0.15, 0.2) is 5.96 Å². The van der Waals surface area contributed by atoms with Gasteiger partial charge >= 0.3 is 0 Å². The van der Waals surface area contributed by atoms with Crippen molar-refractivity contribution in [2.75, 3.05) is 33.8 Å². The molecule has 0 saturated heterocycles. The molecule has 7 nitrogen and oxygen atoms in total. The van der Waals surface area contributed by atoms with E-state index in [1.165, 1.54) is 0 Å². The molecule has 1 amide bonds. The Morgan fingerprint density at radius 2 is 1.83 bits per heavy atom. The highest BCUT2D eigenvalue weighted by Crippen LogP contribution is 2.19. The minimum absolute atomic E-state index is 0.0185. The van der Waals surface area contributed by atoms with Crippen molar-refractivity contribution in [3.05, 3.63) is 60.2 Å². The van der Waals surface area contributed by atoms with E-state index in [9.17, 15) is 4.79 Å². The van der Waals surface area contributed by atoms with Gasteiger partial charge in [-0.1, -0.05) is 36.4 Å². The second-order valence-corrected chi connectivity index (χ2v) is 6.81. The Morgan fingerprint density at radius 3 is 2.50 bits per heavy atom. The van der Waals surface area contributed by atoms with Crippen LogP contribution in [0.3, 0.4) is 0 Å². The summed E-state index contributed by atoms with van der Waals surface area (Å²) in [6.45, 7) is 5.88. The van der Waals surface area contributed by atoms with Crippen molar-refractivity contribution >= 4 is 11.9 Å². The van der Waals surface area contributed by atoms with Gasteiger partial charge in [-0.05, 0) is 31.5 Å². The summed E-state index contributed by atoms with van der Waals surface area (Å²) in [5.41, 5.74) is 1.11. The first-order valence-electron chi connectivity index (χ1n) is 10.1. The van der Waals surface area contributed by atoms with Crippen molar-refractivity contribution in [1.29, 1.82) is 0 Å². The van der Waals surface area contributed by atoms with E-state index in [2.05, 4.69) is 15.6 Å². The summed E-state index contributed by atoms with van der Waals surface area (Å²) in [5, 5.41) is 6.27. The molecule has 0 fully saturated rings. The van der Waals surface area contributed by atoms with Crippen LogP contribution >= 0.6 is 0 Å². The molecule has 2 rings (SSSR count). The first kappa shape index (κ1) is 23.1. The van der Waals surface area contributed by atoms with Crippen molar-refractivity contribution in [2.45, 2.75) is 26.5 Å². The van der Waals surface area contributed by atoms with Gasteiger partial charge < -0.3 is 25.0 Å². The summed E-state index contributed by atoms with van der Waals surface area (Å²) in [6.07, 6.45) is -0.100. The Kier molecular flexibility index (Phi) is 9.51. The molecular weight excluding hydrogens is 380 g/mol. The zero-order valence-electron chi connectivity index (χ0n) is 18.2. The van der Waals surface area contributed by atoms with E-state index < -0.39 is 0 Å². The fourth-order valence-corrected chi connectivity index (χ4v) is 2.86. The molecule has 0 aliphatic carbocycles. The monoisotopic (exact) mass is 412 g/mol. The zero-order valence-corrected chi connectivity index (χ0v) is 18.2. The van der Waals surface area contributed by atoms with Crippen LogP contribution in [0.15, 0.2) is 59.6 Å². The van der Waals surface area contributed by atoms with E-state index in [1.807, 2.05) is 73.3 Å². The third-order valence-electron chi connectivity index (χ3n) is 4.52. The predicted octanol–water partition coefficient (Wildman–Crippen LogP) is 2.68. The van der Waals surface area contributed by atoms with Gasteiger partial charge in [0.2, 0.25) is 5.91 Å². The van der Waals surface area contributed by atoms with Crippen molar-refractivity contribution in [3.8, 4) is 11.5 Å². The third kappa shape index (κ3) is 7.66. The maximum absolute atomic E-state index is 12.6. The summed E-state index contributed by atoms with van der Waals surface area (Å²) >= 11 is 0. The lowest BCUT2D eigenvalue weighted by atomic mass is 10.2. The van der Waals surface area contributed by atoms with E-state index in [1.54, 1.807) is 14.2 Å². The molecule has 0 bridgehead atoms. The quantitative estimate of drug-likeness (QED) is 0.464. The number of aliphatic imine (C=N–C) groups is 1. The fraction of sp³-hybridized carbons (Fsp3) is 0.391. The molecule has 0 spiro atoms. The van der Waals surface area contributed by atoms with Crippen molar-refractivity contribution in [2.24, 2.45) is 4.99 Å². The molecule has 0 aliphatic heterocycles. The predicted molar refractivity (Wildman–Crippen MR) is 120 cm³/mol. The van der Waals surface area contributed by atoms with Gasteiger partial charge in [-0.15, -0.1) is 0 Å². The Labute approximate surface area is 179 Å². The Morgan fingerprint density at radius 1 is 1.10 bits per heavy atom. The van der Waals surface area contributed by atoms with Crippen molar-refractivity contribution < 1.29 is 14.3 Å². The molecule has 0 aliphatic rings. The number of carbonyl (C=O) groups is 1. The number of carbonyl (C=O) groups excluding carboxylic acids is 1. The van der Waals surface area contributed by atoms with Crippen molar-refractivity contribution in [3.63, 3.8) is 0 Å². The lowest BCUT2D eigenvalue weighted by molar-refractivity contribution is -0.130. The van der Waals surface area contributed by atoms with Crippen LogP contribution in [0, 0.1) is 0 Å². The van der Waals surface area contributed by atoms with Gasteiger partial charge in [-0.2, -0.15) is 0 Å². The molecule has 1 atom stereocenters. The van der Waals surface area contributed by atoms with Crippen LogP contribution in [0.5, 0.6) is 11.5 Å². The van der Waals surface area contributed by atoms with Gasteiger partial charge in [-0.3, -0.25) is 9.79 Å². The smallest absolute Gasteiger partial charge is 0.242 e. The standard InChI is InChI=1S/C23H32N4O3/c1-5-27(17-19-10-7-6-8-11-19)22(28)16-26-23(24-3)25-15-18(2)30-21-13-9-12-20(14-21)29-4/h6-14,18H,5,15-17H2,1-4H3,(H2,24,25,26). The van der Waals surface area contributed by atoms with Gasteiger partial charge in [-0.25, -0.2) is 0 Å². The maximum Gasteiger partial charge on any atom is 0.242 e. The van der Waals surface area contributed by atoms with Crippen LogP contribution in [-0.2, 0) is 11.3 Å². The number of nitrogens with zero attached hydrogens (tertiary/aromatic N) is 2. The molecular formula is C23H32N4O3. The molecule has 0 aromatic heterocycles. The van der Waals surface area contributed by atoms with E-state index in [-0.39, 0.29) is 18.6 Å². The fourth-order valence-electron chi connectivity index (χ4n) is 2.86. The number of hydrogen-bond acceptors (Lipinski definition) is 4. The lowest BCUT2D eigenvalue weighted by Gasteiger charge is -2.22. The highest BCUT2D eigenvalue weighted by molar-refractivity contribution is 5.86. The molecule has 0 saturated carbocycles. The number of ether oxygens (including phenoxy) is 2. The van der Waals surface area contributed by atoms with E-state index in [0.29, 0.717) is 25.6 Å². The van der Waals surface area contributed by atoms with Crippen LogP contribution in [0.2, 0.25) is 0 Å². The number of hydrogen-bond donors (Lipinski definition) is 2. The molecule has 0 heterocycles. The van der Waals surface area contributed by atoms with Gasteiger partial charge in [0, 0.05) is 26.2 Å². The third-order valence-corrected chi connectivity index (χ3v) is 4.52. The summed E-state index contributed by atoms with van der Waals surface area (Å²) in [7, 11) is 3.30. The highest BCUT2D eigenvalue weighted by atomic mass is 16.5. The molecule has 162 valence electrons. The number of amides is 1.